The molecule has 1 heterocycles. The number of hydrogen-bond donors (Lipinski definition) is 0. The van der Waals surface area contributed by atoms with Gasteiger partial charge in [0.05, 0.1) is 10.9 Å². The minimum absolute atomic E-state index is 1.30. The van der Waals surface area contributed by atoms with Gasteiger partial charge in [0.25, 0.3) is 0 Å². The van der Waals surface area contributed by atoms with E-state index in [1.807, 2.05) is 0 Å². The Morgan fingerprint density at radius 3 is 1.92 bits per heavy atom. The van der Waals surface area contributed by atoms with E-state index in [9.17, 15) is 0 Å². The molecule has 1 heteroatoms. The first-order valence-corrected chi connectivity index (χ1v) is 8.37. The highest BCUT2D eigenvalue weighted by molar-refractivity contribution is 6.11. The zero-order chi connectivity index (χ0) is 16.3. The summed E-state index contributed by atoms with van der Waals surface area (Å²) in [6.07, 6.45) is 2.18. The Morgan fingerprint density at radius 2 is 1.21 bits per heavy atom. The first-order valence-electron chi connectivity index (χ1n) is 8.37. The zero-order valence-corrected chi connectivity index (χ0v) is 13.9. The SMILES string of the molecule is Cc1ccc2c3c([n+](C)ccc13)-c1ccccc1-c1ccccc1-2. The van der Waals surface area contributed by atoms with E-state index in [-0.39, 0.29) is 0 Å². The molecule has 0 amide bonds. The van der Waals surface area contributed by atoms with Gasteiger partial charge in [0.1, 0.15) is 7.05 Å². The largest absolute Gasteiger partial charge is 0.221 e. The van der Waals surface area contributed by atoms with Crippen molar-refractivity contribution >= 4 is 10.8 Å². The standard InChI is InChI=1S/C23H18N/c1-15-11-12-20-18-8-4-3-7-17(18)19-9-5-6-10-21(19)23-22(20)16(15)13-14-24(23)2/h3-14H,1-2H3/q+1. The number of aryl methyl sites for hydroxylation is 2. The summed E-state index contributed by atoms with van der Waals surface area (Å²) in [4.78, 5) is 0. The molecule has 0 bridgehead atoms. The summed E-state index contributed by atoms with van der Waals surface area (Å²) < 4.78 is 2.26. The van der Waals surface area contributed by atoms with Crippen LogP contribution >= 0.6 is 0 Å². The van der Waals surface area contributed by atoms with E-state index in [1.165, 1.54) is 49.8 Å². The summed E-state index contributed by atoms with van der Waals surface area (Å²) in [6.45, 7) is 2.20. The molecule has 1 nitrogen and oxygen atoms in total. The third kappa shape index (κ3) is 1.67. The van der Waals surface area contributed by atoms with Crippen molar-refractivity contribution < 1.29 is 4.57 Å². The molecule has 0 fully saturated rings. The third-order valence-corrected chi connectivity index (χ3v) is 5.21. The van der Waals surface area contributed by atoms with Crippen LogP contribution in [0.3, 0.4) is 0 Å². The predicted molar refractivity (Wildman–Crippen MR) is 99.7 cm³/mol. The van der Waals surface area contributed by atoms with Crippen molar-refractivity contribution in [3.05, 3.63) is 78.5 Å². The van der Waals surface area contributed by atoms with Gasteiger partial charge < -0.3 is 0 Å². The van der Waals surface area contributed by atoms with Crippen LogP contribution in [0.4, 0.5) is 0 Å². The van der Waals surface area contributed by atoms with Crippen molar-refractivity contribution in [1.82, 2.24) is 0 Å². The van der Waals surface area contributed by atoms with E-state index in [4.69, 9.17) is 0 Å². The Labute approximate surface area is 141 Å². The van der Waals surface area contributed by atoms with Crippen LogP contribution in [0, 0.1) is 6.92 Å². The number of benzene rings is 3. The molecule has 114 valence electrons. The van der Waals surface area contributed by atoms with E-state index in [1.54, 1.807) is 0 Å². The second-order valence-electron chi connectivity index (χ2n) is 6.59. The maximum Gasteiger partial charge on any atom is 0.221 e. The highest BCUT2D eigenvalue weighted by atomic mass is 14.9. The van der Waals surface area contributed by atoms with Gasteiger partial charge in [-0.25, -0.2) is 4.57 Å². The van der Waals surface area contributed by atoms with E-state index in [0.29, 0.717) is 0 Å². The van der Waals surface area contributed by atoms with Crippen LogP contribution in [0.2, 0.25) is 0 Å². The maximum absolute atomic E-state index is 2.28. The summed E-state index contributed by atoms with van der Waals surface area (Å²) >= 11 is 0. The highest BCUT2D eigenvalue weighted by Crippen LogP contribution is 2.46. The Hall–Kier alpha value is -2.93. The van der Waals surface area contributed by atoms with Crippen molar-refractivity contribution in [2.24, 2.45) is 7.05 Å². The number of hydrogen-bond acceptors (Lipinski definition) is 0. The summed E-state index contributed by atoms with van der Waals surface area (Å²) in [5, 5.41) is 2.70. The van der Waals surface area contributed by atoms with Crippen LogP contribution in [0.1, 0.15) is 5.56 Å². The molecule has 5 rings (SSSR count). The fourth-order valence-electron chi connectivity index (χ4n) is 4.06. The van der Waals surface area contributed by atoms with Crippen molar-refractivity contribution in [2.75, 3.05) is 0 Å². The van der Waals surface area contributed by atoms with Crippen LogP contribution in [0.15, 0.2) is 72.9 Å². The molecular formula is C23H18N+. The smallest absolute Gasteiger partial charge is 0.200 e. The van der Waals surface area contributed by atoms with Crippen molar-refractivity contribution in [3.63, 3.8) is 0 Å². The van der Waals surface area contributed by atoms with E-state index >= 15 is 0 Å². The van der Waals surface area contributed by atoms with Gasteiger partial charge in [-0.2, -0.15) is 0 Å². The lowest BCUT2D eigenvalue weighted by Gasteiger charge is -2.10. The number of rotatable bonds is 0. The van der Waals surface area contributed by atoms with E-state index in [2.05, 4.69) is 91.5 Å². The molecule has 1 aromatic heterocycles. The topological polar surface area (TPSA) is 3.88 Å². The number of nitrogens with zero attached hydrogens (tertiary/aromatic N) is 1. The molecule has 0 radical (unpaired) electrons. The molecule has 0 saturated heterocycles. The number of pyridine rings is 1. The van der Waals surface area contributed by atoms with Gasteiger partial charge >= 0.3 is 0 Å². The van der Waals surface area contributed by atoms with Gasteiger partial charge in [0, 0.05) is 6.07 Å². The predicted octanol–water partition coefficient (Wildman–Crippen LogP) is 5.29. The summed E-state index contributed by atoms with van der Waals surface area (Å²) in [7, 11) is 2.15. The minimum Gasteiger partial charge on any atom is -0.200 e. The molecule has 0 N–H and O–H groups in total. The fourth-order valence-corrected chi connectivity index (χ4v) is 4.06. The molecule has 4 aromatic rings. The molecule has 24 heavy (non-hydrogen) atoms. The normalized spacial score (nSPS) is 11.8. The highest BCUT2D eigenvalue weighted by Gasteiger charge is 2.26. The van der Waals surface area contributed by atoms with E-state index in [0.717, 1.165) is 0 Å². The molecular weight excluding hydrogens is 290 g/mol. The van der Waals surface area contributed by atoms with Gasteiger partial charge in [0.15, 0.2) is 6.20 Å². The second kappa shape index (κ2) is 4.78. The molecule has 0 aliphatic heterocycles. The summed E-state index contributed by atoms with van der Waals surface area (Å²) in [6, 6.07) is 24.3. The third-order valence-electron chi connectivity index (χ3n) is 5.21. The van der Waals surface area contributed by atoms with Gasteiger partial charge in [0.2, 0.25) is 5.69 Å². The van der Waals surface area contributed by atoms with Gasteiger partial charge in [-0.1, -0.05) is 54.6 Å². The molecule has 0 saturated carbocycles. The number of aromatic nitrogens is 1. The molecule has 0 atom stereocenters. The van der Waals surface area contributed by atoms with Gasteiger partial charge in [-0.05, 0) is 46.2 Å². The first kappa shape index (κ1) is 13.5. The van der Waals surface area contributed by atoms with Crippen LogP contribution in [0.5, 0.6) is 0 Å². The second-order valence-corrected chi connectivity index (χ2v) is 6.59. The fraction of sp³-hybridized carbons (Fsp3) is 0.0870. The van der Waals surface area contributed by atoms with Crippen LogP contribution < -0.4 is 4.57 Å². The Balaban J connectivity index is 2.13. The van der Waals surface area contributed by atoms with Crippen LogP contribution in [-0.4, -0.2) is 0 Å². The van der Waals surface area contributed by atoms with Gasteiger partial charge in [-0.15, -0.1) is 0 Å². The monoisotopic (exact) mass is 308 g/mol. The Morgan fingerprint density at radius 1 is 0.625 bits per heavy atom. The van der Waals surface area contributed by atoms with Gasteiger partial charge in [-0.3, -0.25) is 0 Å². The average molecular weight is 308 g/mol. The zero-order valence-electron chi connectivity index (χ0n) is 13.9. The Kier molecular flexibility index (Phi) is 2.69. The lowest BCUT2D eigenvalue weighted by atomic mass is 9.93. The minimum atomic E-state index is 1.30. The quantitative estimate of drug-likeness (QED) is 0.342. The average Bonchev–Trinajstić information content (AvgIpc) is 2.74. The molecule has 1 aliphatic carbocycles. The lowest BCUT2D eigenvalue weighted by molar-refractivity contribution is -0.659. The summed E-state index contributed by atoms with van der Waals surface area (Å²) in [5.41, 5.74) is 9.21. The van der Waals surface area contributed by atoms with Crippen LogP contribution in [0.25, 0.3) is 44.3 Å². The lowest BCUT2D eigenvalue weighted by Crippen LogP contribution is -2.30. The molecule has 1 aliphatic rings. The van der Waals surface area contributed by atoms with Crippen molar-refractivity contribution in [2.45, 2.75) is 6.92 Å². The maximum atomic E-state index is 2.28. The molecule has 0 unspecified atom stereocenters. The first-order chi connectivity index (χ1) is 11.8. The Bertz CT molecular complexity index is 1120. The van der Waals surface area contributed by atoms with Crippen molar-refractivity contribution in [3.8, 4) is 33.5 Å². The van der Waals surface area contributed by atoms with Crippen molar-refractivity contribution in [1.29, 1.82) is 0 Å². The molecule has 0 spiro atoms. The number of fused-ring (bicyclic) bond motifs is 5. The van der Waals surface area contributed by atoms with E-state index < -0.39 is 0 Å². The summed E-state index contributed by atoms with van der Waals surface area (Å²) in [5.74, 6) is 0. The van der Waals surface area contributed by atoms with Crippen LogP contribution in [-0.2, 0) is 7.05 Å². The molecule has 3 aromatic carbocycles.